The maximum Gasteiger partial charge on any atom is 0.251 e. The van der Waals surface area contributed by atoms with E-state index in [0.29, 0.717) is 17.9 Å². The number of carbonyl (C=O) groups excluding carboxylic acids is 1. The largest absolute Gasteiger partial charge is 0.497 e. The third kappa shape index (κ3) is 3.80. The maximum atomic E-state index is 12.3. The molecule has 1 aliphatic rings. The minimum Gasteiger partial charge on any atom is -0.497 e. The monoisotopic (exact) mass is 348 g/mol. The standard InChI is InChI=1S/C18H20N2O3.ClH/c1-22-16-6-5-14(17(8-16)23-2)11-20-18(21)12-3-4-13-9-19-10-15(13)7-12;/h3-8,19H,9-11H2,1-2H3,(H,20,21);1H. The molecule has 1 heterocycles. The Bertz CT molecular complexity index is 734. The predicted octanol–water partition coefficient (Wildman–Crippen LogP) is 2.66. The lowest BCUT2D eigenvalue weighted by molar-refractivity contribution is 0.0950. The van der Waals surface area contributed by atoms with E-state index in [9.17, 15) is 4.79 Å². The molecule has 0 fully saturated rings. The van der Waals surface area contributed by atoms with E-state index in [1.165, 1.54) is 11.1 Å². The Balaban J connectivity index is 0.00000208. The van der Waals surface area contributed by atoms with Crippen molar-refractivity contribution >= 4 is 18.3 Å². The molecule has 24 heavy (non-hydrogen) atoms. The van der Waals surface area contributed by atoms with Gasteiger partial charge >= 0.3 is 0 Å². The lowest BCUT2D eigenvalue weighted by Gasteiger charge is -2.11. The first-order valence-electron chi connectivity index (χ1n) is 7.53. The van der Waals surface area contributed by atoms with Gasteiger partial charge in [-0.1, -0.05) is 6.07 Å². The minimum atomic E-state index is -0.0856. The lowest BCUT2D eigenvalue weighted by Crippen LogP contribution is -2.23. The summed E-state index contributed by atoms with van der Waals surface area (Å²) in [6, 6.07) is 11.4. The van der Waals surface area contributed by atoms with Crippen molar-refractivity contribution in [3.8, 4) is 11.5 Å². The molecular weight excluding hydrogens is 328 g/mol. The normalized spacial score (nSPS) is 12.1. The van der Waals surface area contributed by atoms with Gasteiger partial charge in [0.15, 0.2) is 0 Å². The zero-order valence-electron chi connectivity index (χ0n) is 13.7. The molecule has 6 heteroatoms. The molecule has 0 unspecified atom stereocenters. The van der Waals surface area contributed by atoms with Crippen molar-refractivity contribution in [2.75, 3.05) is 14.2 Å². The molecule has 0 atom stereocenters. The fourth-order valence-corrected chi connectivity index (χ4v) is 2.71. The summed E-state index contributed by atoms with van der Waals surface area (Å²) in [7, 11) is 3.21. The van der Waals surface area contributed by atoms with E-state index in [2.05, 4.69) is 10.6 Å². The van der Waals surface area contributed by atoms with Crippen LogP contribution in [0.15, 0.2) is 36.4 Å². The Morgan fingerprint density at radius 1 is 1.08 bits per heavy atom. The lowest BCUT2D eigenvalue weighted by atomic mass is 10.1. The van der Waals surface area contributed by atoms with Crippen molar-refractivity contribution in [3.05, 3.63) is 58.7 Å². The molecule has 0 saturated carbocycles. The molecule has 1 aliphatic heterocycles. The van der Waals surface area contributed by atoms with Crippen LogP contribution in [0.5, 0.6) is 11.5 Å². The molecule has 5 nitrogen and oxygen atoms in total. The number of rotatable bonds is 5. The molecule has 0 radical (unpaired) electrons. The van der Waals surface area contributed by atoms with Crippen molar-refractivity contribution in [2.45, 2.75) is 19.6 Å². The van der Waals surface area contributed by atoms with E-state index in [0.717, 1.165) is 24.4 Å². The van der Waals surface area contributed by atoms with Gasteiger partial charge in [0.1, 0.15) is 11.5 Å². The predicted molar refractivity (Wildman–Crippen MR) is 94.9 cm³/mol. The van der Waals surface area contributed by atoms with E-state index in [-0.39, 0.29) is 18.3 Å². The molecule has 0 aliphatic carbocycles. The number of ether oxygens (including phenoxy) is 2. The fraction of sp³-hybridized carbons (Fsp3) is 0.278. The quantitative estimate of drug-likeness (QED) is 0.872. The highest BCUT2D eigenvalue weighted by atomic mass is 35.5. The highest BCUT2D eigenvalue weighted by Gasteiger charge is 2.14. The van der Waals surface area contributed by atoms with Gasteiger partial charge in [0.05, 0.1) is 14.2 Å². The third-order valence-electron chi connectivity index (χ3n) is 4.03. The smallest absolute Gasteiger partial charge is 0.251 e. The van der Waals surface area contributed by atoms with Gasteiger partial charge in [0.25, 0.3) is 5.91 Å². The Morgan fingerprint density at radius 3 is 2.62 bits per heavy atom. The summed E-state index contributed by atoms with van der Waals surface area (Å²) in [5, 5.41) is 6.22. The number of hydrogen-bond acceptors (Lipinski definition) is 4. The second-order valence-corrected chi connectivity index (χ2v) is 5.45. The van der Waals surface area contributed by atoms with Gasteiger partial charge in [0.2, 0.25) is 0 Å². The summed E-state index contributed by atoms with van der Waals surface area (Å²) >= 11 is 0. The van der Waals surface area contributed by atoms with Crippen LogP contribution < -0.4 is 20.1 Å². The van der Waals surface area contributed by atoms with E-state index in [1.54, 1.807) is 14.2 Å². The third-order valence-corrected chi connectivity index (χ3v) is 4.03. The summed E-state index contributed by atoms with van der Waals surface area (Å²) in [6.07, 6.45) is 0. The minimum absolute atomic E-state index is 0. The van der Waals surface area contributed by atoms with Crippen LogP contribution in [0.4, 0.5) is 0 Å². The van der Waals surface area contributed by atoms with Crippen molar-refractivity contribution in [3.63, 3.8) is 0 Å². The molecule has 1 amide bonds. The van der Waals surface area contributed by atoms with Gasteiger partial charge in [0, 0.05) is 36.8 Å². The SMILES string of the molecule is COc1ccc(CNC(=O)c2ccc3c(c2)CNC3)c(OC)c1.Cl. The molecule has 0 aromatic heterocycles. The zero-order chi connectivity index (χ0) is 16.2. The van der Waals surface area contributed by atoms with Gasteiger partial charge in [-0.3, -0.25) is 4.79 Å². The van der Waals surface area contributed by atoms with Crippen molar-refractivity contribution in [1.82, 2.24) is 10.6 Å². The van der Waals surface area contributed by atoms with Crippen molar-refractivity contribution in [1.29, 1.82) is 0 Å². The van der Waals surface area contributed by atoms with E-state index in [1.807, 2.05) is 36.4 Å². The molecular formula is C18H21ClN2O3. The number of halogens is 1. The second-order valence-electron chi connectivity index (χ2n) is 5.45. The Kier molecular flexibility index (Phi) is 6.06. The van der Waals surface area contributed by atoms with Gasteiger partial charge in [-0.25, -0.2) is 0 Å². The number of benzene rings is 2. The average Bonchev–Trinajstić information content (AvgIpc) is 3.07. The highest BCUT2D eigenvalue weighted by Crippen LogP contribution is 2.24. The summed E-state index contributed by atoms with van der Waals surface area (Å²) < 4.78 is 10.5. The van der Waals surface area contributed by atoms with Crippen LogP contribution >= 0.6 is 12.4 Å². The molecule has 2 aromatic rings. The second kappa shape index (κ2) is 8.04. The number of fused-ring (bicyclic) bond motifs is 1. The molecule has 3 rings (SSSR count). The Morgan fingerprint density at radius 2 is 1.88 bits per heavy atom. The molecule has 0 saturated heterocycles. The van der Waals surface area contributed by atoms with Crippen LogP contribution in [-0.4, -0.2) is 20.1 Å². The number of carbonyl (C=O) groups is 1. The fourth-order valence-electron chi connectivity index (χ4n) is 2.71. The summed E-state index contributed by atoms with van der Waals surface area (Å²) in [5.41, 5.74) is 4.04. The Hall–Kier alpha value is -2.24. The first kappa shape index (κ1) is 18.1. The van der Waals surface area contributed by atoms with E-state index >= 15 is 0 Å². The van der Waals surface area contributed by atoms with Crippen LogP contribution in [0, 0.1) is 0 Å². The molecule has 2 N–H and O–H groups in total. The van der Waals surface area contributed by atoms with Gasteiger partial charge in [-0.2, -0.15) is 0 Å². The highest BCUT2D eigenvalue weighted by molar-refractivity contribution is 5.94. The number of nitrogens with one attached hydrogen (secondary N) is 2. The van der Waals surface area contributed by atoms with Gasteiger partial charge in [-0.15, -0.1) is 12.4 Å². The molecule has 0 bridgehead atoms. The molecule has 0 spiro atoms. The maximum absolute atomic E-state index is 12.3. The van der Waals surface area contributed by atoms with Crippen molar-refractivity contribution < 1.29 is 14.3 Å². The van der Waals surface area contributed by atoms with Crippen LogP contribution in [0.25, 0.3) is 0 Å². The average molecular weight is 349 g/mol. The number of methoxy groups -OCH3 is 2. The number of hydrogen-bond donors (Lipinski definition) is 2. The van der Waals surface area contributed by atoms with Gasteiger partial charge in [-0.05, 0) is 35.4 Å². The van der Waals surface area contributed by atoms with Gasteiger partial charge < -0.3 is 20.1 Å². The topological polar surface area (TPSA) is 59.6 Å². The van der Waals surface area contributed by atoms with E-state index < -0.39 is 0 Å². The van der Waals surface area contributed by atoms with Crippen LogP contribution in [0.1, 0.15) is 27.0 Å². The first-order valence-corrected chi connectivity index (χ1v) is 7.53. The van der Waals surface area contributed by atoms with Crippen molar-refractivity contribution in [2.24, 2.45) is 0 Å². The summed E-state index contributed by atoms with van der Waals surface area (Å²) in [6.45, 7) is 2.10. The van der Waals surface area contributed by atoms with Crippen LogP contribution in [0.3, 0.4) is 0 Å². The van der Waals surface area contributed by atoms with Crippen LogP contribution in [0.2, 0.25) is 0 Å². The summed E-state index contributed by atoms with van der Waals surface area (Å²) in [5.74, 6) is 1.34. The number of amides is 1. The molecule has 128 valence electrons. The zero-order valence-corrected chi connectivity index (χ0v) is 14.5. The Labute approximate surface area is 147 Å². The van der Waals surface area contributed by atoms with Crippen LogP contribution in [-0.2, 0) is 19.6 Å². The first-order chi connectivity index (χ1) is 11.2. The van der Waals surface area contributed by atoms with E-state index in [4.69, 9.17) is 9.47 Å². The summed E-state index contributed by atoms with van der Waals surface area (Å²) in [4.78, 5) is 12.3. The molecule has 2 aromatic carbocycles.